The molecular formula is C20H27N3O3. The van der Waals surface area contributed by atoms with Crippen molar-refractivity contribution in [2.45, 2.75) is 37.5 Å². The predicted octanol–water partition coefficient (Wildman–Crippen LogP) is 1.22. The van der Waals surface area contributed by atoms with Crippen LogP contribution in [0.15, 0.2) is 30.3 Å². The first-order chi connectivity index (χ1) is 12.6. The van der Waals surface area contributed by atoms with Gasteiger partial charge in [-0.15, -0.1) is 0 Å². The lowest BCUT2D eigenvalue weighted by molar-refractivity contribution is -0.131. The van der Waals surface area contributed by atoms with E-state index < -0.39 is 0 Å². The summed E-state index contributed by atoms with van der Waals surface area (Å²) in [6, 6.07) is 10.1. The Morgan fingerprint density at radius 2 is 1.85 bits per heavy atom. The molecule has 2 amide bonds. The lowest BCUT2D eigenvalue weighted by atomic mass is 10.0. The van der Waals surface area contributed by atoms with Gasteiger partial charge in [-0.3, -0.25) is 14.5 Å². The summed E-state index contributed by atoms with van der Waals surface area (Å²) in [4.78, 5) is 31.0. The van der Waals surface area contributed by atoms with E-state index in [1.807, 2.05) is 47.2 Å². The SMILES string of the molecule is CN1C(=O)CCO[C@H]2CN(C3CCN(C(=O)c4ccccc4)CC3)C[C@@H]21. The second-order valence-corrected chi connectivity index (χ2v) is 7.57. The van der Waals surface area contributed by atoms with Gasteiger partial charge in [0.2, 0.25) is 5.91 Å². The second-order valence-electron chi connectivity index (χ2n) is 7.57. The van der Waals surface area contributed by atoms with Gasteiger partial charge in [0.1, 0.15) is 0 Å². The van der Waals surface area contributed by atoms with E-state index in [1.165, 1.54) is 0 Å². The largest absolute Gasteiger partial charge is 0.374 e. The van der Waals surface area contributed by atoms with Crippen molar-refractivity contribution in [3.05, 3.63) is 35.9 Å². The van der Waals surface area contributed by atoms with Crippen LogP contribution in [0.3, 0.4) is 0 Å². The highest BCUT2D eigenvalue weighted by Gasteiger charge is 2.42. The number of carbonyl (C=O) groups is 2. The van der Waals surface area contributed by atoms with E-state index in [4.69, 9.17) is 4.74 Å². The molecule has 0 unspecified atom stereocenters. The zero-order valence-corrected chi connectivity index (χ0v) is 15.3. The minimum absolute atomic E-state index is 0.121. The highest BCUT2D eigenvalue weighted by Crippen LogP contribution is 2.27. The quantitative estimate of drug-likeness (QED) is 0.799. The molecule has 3 aliphatic rings. The standard InChI is InChI=1S/C20H27N3O3/c1-21-17-13-23(14-18(17)26-12-9-19(21)24)16-7-10-22(11-8-16)20(25)15-5-3-2-4-6-15/h2-6,16-18H,7-14H2,1H3/t17-,18-/m0/s1. The molecule has 0 bridgehead atoms. The summed E-state index contributed by atoms with van der Waals surface area (Å²) in [6.45, 7) is 3.88. The molecule has 1 aromatic rings. The van der Waals surface area contributed by atoms with Crippen molar-refractivity contribution in [3.63, 3.8) is 0 Å². The van der Waals surface area contributed by atoms with Gasteiger partial charge in [-0.25, -0.2) is 0 Å². The molecule has 6 nitrogen and oxygen atoms in total. The minimum Gasteiger partial charge on any atom is -0.374 e. The van der Waals surface area contributed by atoms with Crippen molar-refractivity contribution in [3.8, 4) is 0 Å². The summed E-state index contributed by atoms with van der Waals surface area (Å²) in [5.41, 5.74) is 0.767. The fourth-order valence-corrected chi connectivity index (χ4v) is 4.48. The van der Waals surface area contributed by atoms with E-state index in [9.17, 15) is 9.59 Å². The Morgan fingerprint density at radius 1 is 1.12 bits per heavy atom. The first-order valence-electron chi connectivity index (χ1n) is 9.59. The van der Waals surface area contributed by atoms with Gasteiger partial charge in [0.25, 0.3) is 5.91 Å². The Labute approximate surface area is 154 Å². The number of benzene rings is 1. The van der Waals surface area contributed by atoms with Crippen LogP contribution in [-0.4, -0.2) is 84.5 Å². The Balaban J connectivity index is 1.34. The van der Waals surface area contributed by atoms with E-state index in [1.54, 1.807) is 0 Å². The average Bonchev–Trinajstić information content (AvgIpc) is 3.06. The number of nitrogens with zero attached hydrogens (tertiary/aromatic N) is 3. The van der Waals surface area contributed by atoms with Crippen LogP contribution in [0, 0.1) is 0 Å². The smallest absolute Gasteiger partial charge is 0.253 e. The summed E-state index contributed by atoms with van der Waals surface area (Å²) < 4.78 is 5.94. The summed E-state index contributed by atoms with van der Waals surface area (Å²) in [6.07, 6.45) is 2.57. The lowest BCUT2D eigenvalue weighted by Crippen LogP contribution is -2.47. The van der Waals surface area contributed by atoms with E-state index >= 15 is 0 Å². The van der Waals surface area contributed by atoms with Crippen LogP contribution < -0.4 is 0 Å². The highest BCUT2D eigenvalue weighted by atomic mass is 16.5. The van der Waals surface area contributed by atoms with Gasteiger partial charge in [-0.2, -0.15) is 0 Å². The van der Waals surface area contributed by atoms with Crippen molar-refractivity contribution < 1.29 is 14.3 Å². The molecule has 0 N–H and O–H groups in total. The van der Waals surface area contributed by atoms with Crippen molar-refractivity contribution in [1.82, 2.24) is 14.7 Å². The normalized spacial score (nSPS) is 28.1. The van der Waals surface area contributed by atoms with Gasteiger partial charge in [-0.1, -0.05) is 18.2 Å². The van der Waals surface area contributed by atoms with Gasteiger partial charge in [-0.05, 0) is 25.0 Å². The van der Waals surface area contributed by atoms with Gasteiger partial charge in [0.05, 0.1) is 25.2 Å². The van der Waals surface area contributed by atoms with Crippen LogP contribution in [0.5, 0.6) is 0 Å². The number of likely N-dealkylation sites (N-methyl/N-ethyl adjacent to an activating group) is 1. The number of rotatable bonds is 2. The average molecular weight is 357 g/mol. The fraction of sp³-hybridized carbons (Fsp3) is 0.600. The number of hydrogen-bond donors (Lipinski definition) is 0. The molecule has 0 spiro atoms. The number of carbonyl (C=O) groups excluding carboxylic acids is 2. The van der Waals surface area contributed by atoms with Gasteiger partial charge >= 0.3 is 0 Å². The monoisotopic (exact) mass is 357 g/mol. The van der Waals surface area contributed by atoms with Crippen LogP contribution in [-0.2, 0) is 9.53 Å². The topological polar surface area (TPSA) is 53.1 Å². The summed E-state index contributed by atoms with van der Waals surface area (Å²) >= 11 is 0. The zero-order chi connectivity index (χ0) is 18.1. The van der Waals surface area contributed by atoms with E-state index in [0.29, 0.717) is 19.1 Å². The third-order valence-electron chi connectivity index (χ3n) is 6.09. The molecule has 2 atom stereocenters. The Bertz CT molecular complexity index is 658. The van der Waals surface area contributed by atoms with E-state index in [0.717, 1.165) is 44.6 Å². The number of ether oxygens (including phenoxy) is 1. The van der Waals surface area contributed by atoms with Crippen molar-refractivity contribution in [2.75, 3.05) is 39.8 Å². The Morgan fingerprint density at radius 3 is 2.58 bits per heavy atom. The maximum Gasteiger partial charge on any atom is 0.253 e. The predicted molar refractivity (Wildman–Crippen MR) is 97.9 cm³/mol. The molecular weight excluding hydrogens is 330 g/mol. The first-order valence-corrected chi connectivity index (χ1v) is 9.59. The number of piperidine rings is 1. The minimum atomic E-state index is 0.121. The molecule has 3 heterocycles. The molecule has 6 heteroatoms. The summed E-state index contributed by atoms with van der Waals surface area (Å²) in [7, 11) is 1.90. The van der Waals surface area contributed by atoms with Crippen LogP contribution >= 0.6 is 0 Å². The molecule has 0 aromatic heterocycles. The molecule has 3 fully saturated rings. The van der Waals surface area contributed by atoms with Crippen molar-refractivity contribution in [1.29, 1.82) is 0 Å². The van der Waals surface area contributed by atoms with Crippen LogP contribution in [0.1, 0.15) is 29.6 Å². The lowest BCUT2D eigenvalue weighted by Gasteiger charge is -2.37. The van der Waals surface area contributed by atoms with Crippen LogP contribution in [0.25, 0.3) is 0 Å². The van der Waals surface area contributed by atoms with Gasteiger partial charge < -0.3 is 14.5 Å². The molecule has 3 saturated heterocycles. The third-order valence-corrected chi connectivity index (χ3v) is 6.09. The van der Waals surface area contributed by atoms with Gasteiger partial charge in [0, 0.05) is 44.8 Å². The number of amides is 2. The van der Waals surface area contributed by atoms with E-state index in [-0.39, 0.29) is 24.0 Å². The van der Waals surface area contributed by atoms with Crippen molar-refractivity contribution >= 4 is 11.8 Å². The maximum absolute atomic E-state index is 12.6. The molecule has 0 radical (unpaired) electrons. The molecule has 3 aliphatic heterocycles. The highest BCUT2D eigenvalue weighted by molar-refractivity contribution is 5.94. The first kappa shape index (κ1) is 17.5. The maximum atomic E-state index is 12.6. The van der Waals surface area contributed by atoms with Crippen LogP contribution in [0.4, 0.5) is 0 Å². The number of fused-ring (bicyclic) bond motifs is 1. The second kappa shape index (κ2) is 7.37. The van der Waals surface area contributed by atoms with Crippen LogP contribution in [0.2, 0.25) is 0 Å². The molecule has 26 heavy (non-hydrogen) atoms. The van der Waals surface area contributed by atoms with E-state index in [2.05, 4.69) is 4.90 Å². The summed E-state index contributed by atoms with van der Waals surface area (Å²) in [5.74, 6) is 0.312. The molecule has 0 aliphatic carbocycles. The van der Waals surface area contributed by atoms with Gasteiger partial charge in [0.15, 0.2) is 0 Å². The zero-order valence-electron chi connectivity index (χ0n) is 15.3. The fourth-order valence-electron chi connectivity index (χ4n) is 4.48. The van der Waals surface area contributed by atoms with Crippen molar-refractivity contribution in [2.24, 2.45) is 0 Å². The molecule has 4 rings (SSSR count). The molecule has 0 saturated carbocycles. The number of likely N-dealkylation sites (tertiary alicyclic amines) is 2. The third kappa shape index (κ3) is 3.35. The molecule has 1 aromatic carbocycles. The number of hydrogen-bond acceptors (Lipinski definition) is 4. The Kier molecular flexibility index (Phi) is 4.96. The Hall–Kier alpha value is -1.92. The summed E-state index contributed by atoms with van der Waals surface area (Å²) in [5, 5.41) is 0. The molecule has 140 valence electrons.